The number of aromatic nitrogens is 2. The van der Waals surface area contributed by atoms with Gasteiger partial charge in [-0.2, -0.15) is 4.98 Å². The van der Waals surface area contributed by atoms with Gasteiger partial charge in [-0.15, -0.1) is 0 Å². The molecule has 0 unspecified atom stereocenters. The molecule has 0 aliphatic rings. The second-order valence-corrected chi connectivity index (χ2v) is 3.61. The van der Waals surface area contributed by atoms with Gasteiger partial charge in [-0.3, -0.25) is 4.79 Å². The predicted octanol–water partition coefficient (Wildman–Crippen LogP) is 1.11. The molecule has 0 fully saturated rings. The zero-order valence-corrected chi connectivity index (χ0v) is 9.40. The highest BCUT2D eigenvalue weighted by Crippen LogP contribution is 1.99. The Morgan fingerprint density at radius 3 is 2.88 bits per heavy atom. The minimum atomic E-state index is -0.727. The van der Waals surface area contributed by atoms with Crippen LogP contribution in [0.2, 0.25) is 0 Å². The van der Waals surface area contributed by atoms with Gasteiger partial charge >= 0.3 is 5.97 Å². The quantitative estimate of drug-likeness (QED) is 0.647. The Morgan fingerprint density at radius 2 is 2.25 bits per heavy atom. The average Bonchev–Trinajstić information content (AvgIpc) is 2.62. The van der Waals surface area contributed by atoms with Crippen LogP contribution >= 0.6 is 0 Å². The molecule has 6 nitrogen and oxygen atoms in total. The topological polar surface area (TPSA) is 88.2 Å². The Hall–Kier alpha value is -1.43. The Labute approximate surface area is 94.0 Å². The van der Waals surface area contributed by atoms with E-state index in [0.717, 1.165) is 25.8 Å². The minimum absolute atomic E-state index is 0.254. The molecule has 1 aromatic heterocycles. The summed E-state index contributed by atoms with van der Waals surface area (Å²) in [5.74, 6) is 0.497. The van der Waals surface area contributed by atoms with E-state index in [1.54, 1.807) is 6.92 Å². The lowest BCUT2D eigenvalue weighted by Gasteiger charge is -2.00. The zero-order chi connectivity index (χ0) is 11.8. The van der Waals surface area contributed by atoms with Crippen LogP contribution < -0.4 is 5.32 Å². The lowest BCUT2D eigenvalue weighted by molar-refractivity contribution is -0.137. The van der Waals surface area contributed by atoms with E-state index >= 15 is 0 Å². The fraction of sp³-hybridized carbons (Fsp3) is 0.700. The molecule has 0 radical (unpaired) electrons. The minimum Gasteiger partial charge on any atom is -0.481 e. The van der Waals surface area contributed by atoms with E-state index in [4.69, 9.17) is 9.63 Å². The molecule has 1 aromatic rings. The lowest BCUT2D eigenvalue weighted by Crippen LogP contribution is -2.15. The molecule has 1 heterocycles. The first-order chi connectivity index (χ1) is 7.68. The molecule has 1 rings (SSSR count). The van der Waals surface area contributed by atoms with E-state index in [2.05, 4.69) is 15.5 Å². The number of aliphatic carboxylic acids is 1. The lowest BCUT2D eigenvalue weighted by atomic mass is 10.2. The molecule has 0 aliphatic heterocycles. The molecular formula is C10H17N3O3. The third kappa shape index (κ3) is 5.45. The van der Waals surface area contributed by atoms with Crippen LogP contribution in [0.25, 0.3) is 0 Å². The zero-order valence-electron chi connectivity index (χ0n) is 9.40. The summed E-state index contributed by atoms with van der Waals surface area (Å²) in [5.41, 5.74) is 0. The fourth-order valence-corrected chi connectivity index (χ4v) is 1.32. The summed E-state index contributed by atoms with van der Waals surface area (Å²) in [4.78, 5) is 14.3. The number of carboxylic acids is 1. The maximum Gasteiger partial charge on any atom is 0.303 e. The van der Waals surface area contributed by atoms with Crippen LogP contribution in [-0.2, 0) is 11.3 Å². The van der Waals surface area contributed by atoms with Gasteiger partial charge in [0.15, 0.2) is 5.82 Å². The molecule has 6 heteroatoms. The number of carboxylic acid groups (broad SMARTS) is 1. The van der Waals surface area contributed by atoms with E-state index in [1.165, 1.54) is 0 Å². The Balaban J connectivity index is 1.94. The average molecular weight is 227 g/mol. The van der Waals surface area contributed by atoms with Crippen molar-refractivity contribution >= 4 is 5.97 Å². The smallest absolute Gasteiger partial charge is 0.303 e. The summed E-state index contributed by atoms with van der Waals surface area (Å²) < 4.78 is 4.82. The molecular weight excluding hydrogens is 210 g/mol. The van der Waals surface area contributed by atoms with Crippen molar-refractivity contribution in [1.82, 2.24) is 15.5 Å². The van der Waals surface area contributed by atoms with Crippen LogP contribution in [0.4, 0.5) is 0 Å². The fourth-order valence-electron chi connectivity index (χ4n) is 1.32. The normalized spacial score (nSPS) is 10.6. The maximum absolute atomic E-state index is 10.2. The molecule has 2 N–H and O–H groups in total. The third-order valence-corrected chi connectivity index (χ3v) is 2.10. The molecule has 0 atom stereocenters. The molecule has 0 aromatic carbocycles. The highest BCUT2D eigenvalue weighted by atomic mass is 16.5. The van der Waals surface area contributed by atoms with Gasteiger partial charge in [0.1, 0.15) is 0 Å². The van der Waals surface area contributed by atoms with E-state index in [1.807, 2.05) is 0 Å². The van der Waals surface area contributed by atoms with E-state index < -0.39 is 5.97 Å². The largest absolute Gasteiger partial charge is 0.481 e. The number of aryl methyl sites for hydroxylation is 1. The first kappa shape index (κ1) is 12.6. The van der Waals surface area contributed by atoms with Crippen molar-refractivity contribution in [2.24, 2.45) is 0 Å². The van der Waals surface area contributed by atoms with Gasteiger partial charge in [-0.05, 0) is 19.4 Å². The Morgan fingerprint density at radius 1 is 1.44 bits per heavy atom. The van der Waals surface area contributed by atoms with Crippen molar-refractivity contribution in [3.05, 3.63) is 11.7 Å². The number of nitrogens with one attached hydrogen (secondary N) is 1. The molecule has 16 heavy (non-hydrogen) atoms. The van der Waals surface area contributed by atoms with Gasteiger partial charge in [-0.25, -0.2) is 0 Å². The van der Waals surface area contributed by atoms with Crippen molar-refractivity contribution in [1.29, 1.82) is 0 Å². The number of rotatable bonds is 8. The summed E-state index contributed by atoms with van der Waals surface area (Å²) in [6, 6.07) is 0. The Kier molecular flexibility index (Phi) is 5.49. The van der Waals surface area contributed by atoms with Crippen LogP contribution in [-0.4, -0.2) is 27.8 Å². The second-order valence-electron chi connectivity index (χ2n) is 3.61. The summed E-state index contributed by atoms with van der Waals surface area (Å²) in [6.45, 7) is 3.19. The number of carbonyl (C=O) groups is 1. The highest BCUT2D eigenvalue weighted by molar-refractivity contribution is 5.66. The van der Waals surface area contributed by atoms with E-state index in [-0.39, 0.29) is 6.42 Å². The Bertz CT molecular complexity index is 325. The molecule has 0 spiro atoms. The first-order valence-corrected chi connectivity index (χ1v) is 5.40. The van der Waals surface area contributed by atoms with Crippen LogP contribution in [0.3, 0.4) is 0 Å². The highest BCUT2D eigenvalue weighted by Gasteiger charge is 2.00. The van der Waals surface area contributed by atoms with Crippen molar-refractivity contribution in [2.45, 2.75) is 39.2 Å². The van der Waals surface area contributed by atoms with Gasteiger partial charge in [0.05, 0.1) is 6.54 Å². The number of unbranched alkanes of at least 4 members (excludes halogenated alkanes) is 2. The summed E-state index contributed by atoms with van der Waals surface area (Å²) in [5, 5.41) is 15.3. The monoisotopic (exact) mass is 227 g/mol. The molecule has 90 valence electrons. The predicted molar refractivity (Wildman–Crippen MR) is 56.8 cm³/mol. The summed E-state index contributed by atoms with van der Waals surface area (Å²) >= 11 is 0. The first-order valence-electron chi connectivity index (χ1n) is 5.40. The SMILES string of the molecule is Cc1nc(CNCCCCCC(=O)O)no1. The third-order valence-electron chi connectivity index (χ3n) is 2.10. The van der Waals surface area contributed by atoms with Crippen LogP contribution in [0.15, 0.2) is 4.52 Å². The summed E-state index contributed by atoms with van der Waals surface area (Å²) in [6.07, 6.45) is 2.87. The number of hydrogen-bond donors (Lipinski definition) is 2. The molecule has 0 amide bonds. The van der Waals surface area contributed by atoms with Gasteiger partial charge in [0.2, 0.25) is 5.89 Å². The van der Waals surface area contributed by atoms with E-state index in [0.29, 0.717) is 18.3 Å². The van der Waals surface area contributed by atoms with Crippen molar-refractivity contribution in [2.75, 3.05) is 6.54 Å². The van der Waals surface area contributed by atoms with Gasteiger partial charge in [0.25, 0.3) is 0 Å². The van der Waals surface area contributed by atoms with Crippen molar-refractivity contribution < 1.29 is 14.4 Å². The summed E-state index contributed by atoms with van der Waals surface area (Å²) in [7, 11) is 0. The van der Waals surface area contributed by atoms with Gasteiger partial charge < -0.3 is 14.9 Å². The van der Waals surface area contributed by atoms with Crippen LogP contribution in [0, 0.1) is 6.92 Å². The van der Waals surface area contributed by atoms with Gasteiger partial charge in [-0.1, -0.05) is 11.6 Å². The molecule has 0 aliphatic carbocycles. The maximum atomic E-state index is 10.2. The van der Waals surface area contributed by atoms with Crippen LogP contribution in [0.1, 0.15) is 37.4 Å². The van der Waals surface area contributed by atoms with Gasteiger partial charge in [0, 0.05) is 13.3 Å². The molecule has 0 bridgehead atoms. The van der Waals surface area contributed by atoms with E-state index in [9.17, 15) is 4.79 Å². The standard InChI is InChI=1S/C10H17N3O3/c1-8-12-9(13-16-8)7-11-6-4-2-3-5-10(14)15/h11H,2-7H2,1H3,(H,14,15). The second kappa shape index (κ2) is 6.95. The molecule has 0 saturated carbocycles. The number of nitrogens with zero attached hydrogens (tertiary/aromatic N) is 2. The van der Waals surface area contributed by atoms with Crippen molar-refractivity contribution in [3.63, 3.8) is 0 Å². The number of hydrogen-bond acceptors (Lipinski definition) is 5. The molecule has 0 saturated heterocycles. The van der Waals surface area contributed by atoms with Crippen molar-refractivity contribution in [3.8, 4) is 0 Å². The van der Waals surface area contributed by atoms with Crippen LogP contribution in [0.5, 0.6) is 0 Å².